The Kier molecular flexibility index (Phi) is 8.68. The van der Waals surface area contributed by atoms with Crippen LogP contribution in [0.2, 0.25) is 0 Å². The van der Waals surface area contributed by atoms with Gasteiger partial charge in [-0.25, -0.2) is 4.79 Å². The van der Waals surface area contributed by atoms with Gasteiger partial charge in [0.1, 0.15) is 11.8 Å². The van der Waals surface area contributed by atoms with Crippen LogP contribution < -0.4 is 10.2 Å². The number of carbonyl (C=O) groups is 1. The lowest BCUT2D eigenvalue weighted by Gasteiger charge is -2.36. The van der Waals surface area contributed by atoms with Crippen LogP contribution in [0.5, 0.6) is 0 Å². The molecule has 0 saturated carbocycles. The third-order valence-electron chi connectivity index (χ3n) is 7.53. The van der Waals surface area contributed by atoms with Gasteiger partial charge >= 0.3 is 6.09 Å². The van der Waals surface area contributed by atoms with Crippen LogP contribution in [0, 0.1) is 0 Å². The van der Waals surface area contributed by atoms with Gasteiger partial charge in [-0.15, -0.1) is 11.3 Å². The Bertz CT molecular complexity index is 1430. The summed E-state index contributed by atoms with van der Waals surface area (Å²) in [4.78, 5) is 20.9. The van der Waals surface area contributed by atoms with E-state index in [1.807, 2.05) is 20.8 Å². The van der Waals surface area contributed by atoms with E-state index in [4.69, 9.17) is 4.74 Å². The number of aliphatic hydroxyl groups excluding tert-OH is 1. The minimum absolute atomic E-state index is 0.177. The highest BCUT2D eigenvalue weighted by molar-refractivity contribution is 7.19. The van der Waals surface area contributed by atoms with Crippen molar-refractivity contribution in [3.8, 4) is 0 Å². The molecule has 1 aliphatic heterocycles. The quantitative estimate of drug-likeness (QED) is 0.195. The fourth-order valence-corrected chi connectivity index (χ4v) is 6.46. The van der Waals surface area contributed by atoms with E-state index in [1.54, 1.807) is 16.2 Å². The van der Waals surface area contributed by atoms with Crippen molar-refractivity contribution in [1.29, 1.82) is 0 Å². The number of fused-ring (bicyclic) bond motifs is 2. The molecule has 3 N–H and O–H groups in total. The zero-order valence-electron chi connectivity index (χ0n) is 24.1. The number of ether oxygens (including phenoxy) is 1. The molecule has 1 amide bonds. The summed E-state index contributed by atoms with van der Waals surface area (Å²) in [6, 6.07) is 17.2. The molecule has 2 aromatic carbocycles. The first-order valence-corrected chi connectivity index (χ1v) is 15.3. The Morgan fingerprint density at radius 3 is 2.65 bits per heavy atom. The number of thiophene rings is 1. The average Bonchev–Trinajstić information content (AvgIpc) is 3.55. The van der Waals surface area contributed by atoms with E-state index in [9.17, 15) is 9.90 Å². The highest BCUT2D eigenvalue weighted by Gasteiger charge is 2.26. The molecule has 1 aliphatic rings. The zero-order chi connectivity index (χ0) is 28.3. The lowest BCUT2D eigenvalue weighted by Crippen LogP contribution is -2.50. The molecule has 0 spiro atoms. The minimum atomic E-state index is -0.717. The van der Waals surface area contributed by atoms with Crippen LogP contribution in [0.15, 0.2) is 54.7 Å². The SMILES string of the molecule is CCCCC(Cc1c[nH]c2ccccc12)NC(O)c1cc2ccc(N3CCN(C(=O)OC(C)(C)C)CC3)cc2s1. The monoisotopic (exact) mass is 562 g/mol. The van der Waals surface area contributed by atoms with E-state index in [0.29, 0.717) is 13.1 Å². The molecule has 8 heteroatoms. The molecule has 2 atom stereocenters. The highest BCUT2D eigenvalue weighted by atomic mass is 32.1. The van der Waals surface area contributed by atoms with Crippen molar-refractivity contribution in [1.82, 2.24) is 15.2 Å². The maximum absolute atomic E-state index is 12.4. The number of aromatic nitrogens is 1. The first kappa shape index (κ1) is 28.5. The molecular weight excluding hydrogens is 520 g/mol. The Hall–Kier alpha value is -3.07. The summed E-state index contributed by atoms with van der Waals surface area (Å²) in [5, 5.41) is 17.2. The summed E-state index contributed by atoms with van der Waals surface area (Å²) < 4.78 is 6.69. The van der Waals surface area contributed by atoms with Gasteiger partial charge in [-0.3, -0.25) is 5.32 Å². The van der Waals surface area contributed by atoms with Gasteiger partial charge in [0.2, 0.25) is 0 Å². The Labute approximate surface area is 241 Å². The fourth-order valence-electron chi connectivity index (χ4n) is 5.41. The number of hydrogen-bond donors (Lipinski definition) is 3. The van der Waals surface area contributed by atoms with Gasteiger partial charge in [0.25, 0.3) is 0 Å². The van der Waals surface area contributed by atoms with E-state index >= 15 is 0 Å². The smallest absolute Gasteiger partial charge is 0.410 e. The number of carbonyl (C=O) groups excluding carboxylic acids is 1. The lowest BCUT2D eigenvalue weighted by molar-refractivity contribution is 0.0240. The van der Waals surface area contributed by atoms with Crippen LogP contribution in [0.4, 0.5) is 10.5 Å². The number of nitrogens with one attached hydrogen (secondary N) is 2. The number of piperazine rings is 1. The van der Waals surface area contributed by atoms with E-state index < -0.39 is 11.8 Å². The molecule has 3 heterocycles. The Morgan fingerprint density at radius 2 is 1.90 bits per heavy atom. The number of aliphatic hydroxyl groups is 1. The van der Waals surface area contributed by atoms with Crippen LogP contribution in [0.1, 0.15) is 63.6 Å². The summed E-state index contributed by atoms with van der Waals surface area (Å²) in [5.74, 6) is 0. The van der Waals surface area contributed by atoms with Gasteiger partial charge in [0.15, 0.2) is 0 Å². The maximum atomic E-state index is 12.4. The molecule has 0 bridgehead atoms. The second kappa shape index (κ2) is 12.2. The van der Waals surface area contributed by atoms with Crippen molar-refractivity contribution < 1.29 is 14.6 Å². The molecule has 4 aromatic rings. The topological polar surface area (TPSA) is 80.8 Å². The summed E-state index contributed by atoms with van der Waals surface area (Å²) in [7, 11) is 0. The van der Waals surface area contributed by atoms with Gasteiger partial charge < -0.3 is 24.6 Å². The van der Waals surface area contributed by atoms with Gasteiger partial charge in [0.05, 0.1) is 0 Å². The number of H-pyrrole nitrogens is 1. The second-order valence-corrected chi connectivity index (χ2v) is 12.9. The third kappa shape index (κ3) is 6.79. The Morgan fingerprint density at radius 1 is 1.12 bits per heavy atom. The molecular formula is C32H42N4O3S. The minimum Gasteiger partial charge on any atom is -0.444 e. The van der Waals surface area contributed by atoms with Crippen LogP contribution in [-0.2, 0) is 11.2 Å². The molecule has 7 nitrogen and oxygen atoms in total. The predicted octanol–water partition coefficient (Wildman–Crippen LogP) is 6.82. The number of benzene rings is 2. The van der Waals surface area contributed by atoms with Crippen molar-refractivity contribution in [3.05, 3.63) is 65.2 Å². The van der Waals surface area contributed by atoms with Gasteiger partial charge in [0, 0.05) is 64.6 Å². The van der Waals surface area contributed by atoms with Crippen LogP contribution in [0.3, 0.4) is 0 Å². The number of para-hydroxylation sites is 1. The van der Waals surface area contributed by atoms with Crippen molar-refractivity contribution in [2.45, 2.75) is 71.2 Å². The first-order chi connectivity index (χ1) is 19.2. The number of anilines is 1. The van der Waals surface area contributed by atoms with Crippen molar-refractivity contribution in [2.24, 2.45) is 0 Å². The second-order valence-electron chi connectivity index (χ2n) is 11.8. The average molecular weight is 563 g/mol. The molecule has 1 fully saturated rings. The summed E-state index contributed by atoms with van der Waals surface area (Å²) in [6.45, 7) is 10.7. The molecule has 0 radical (unpaired) electrons. The van der Waals surface area contributed by atoms with Crippen molar-refractivity contribution in [2.75, 3.05) is 31.1 Å². The van der Waals surface area contributed by atoms with Crippen LogP contribution in [0.25, 0.3) is 21.0 Å². The number of nitrogens with zero attached hydrogens (tertiary/aromatic N) is 2. The van der Waals surface area contributed by atoms with Gasteiger partial charge in [-0.1, -0.05) is 44.0 Å². The van der Waals surface area contributed by atoms with E-state index in [2.05, 4.69) is 76.9 Å². The van der Waals surface area contributed by atoms with Crippen LogP contribution in [-0.4, -0.2) is 58.9 Å². The molecule has 1 saturated heterocycles. The van der Waals surface area contributed by atoms with Crippen LogP contribution >= 0.6 is 11.3 Å². The van der Waals surface area contributed by atoms with Crippen molar-refractivity contribution in [3.63, 3.8) is 0 Å². The van der Waals surface area contributed by atoms with Crippen molar-refractivity contribution >= 4 is 44.1 Å². The lowest BCUT2D eigenvalue weighted by atomic mass is 10.00. The number of hydrogen-bond acceptors (Lipinski definition) is 6. The largest absolute Gasteiger partial charge is 0.444 e. The Balaban J connectivity index is 1.24. The van der Waals surface area contributed by atoms with E-state index in [1.165, 1.54) is 10.9 Å². The molecule has 5 rings (SSSR count). The maximum Gasteiger partial charge on any atom is 0.410 e. The number of aromatic amines is 1. The third-order valence-corrected chi connectivity index (χ3v) is 8.68. The normalized spacial score (nSPS) is 16.0. The molecule has 40 heavy (non-hydrogen) atoms. The number of rotatable bonds is 9. The summed E-state index contributed by atoms with van der Waals surface area (Å²) >= 11 is 1.64. The molecule has 214 valence electrons. The standard InChI is InChI=1S/C32H42N4O3S/c1-5-6-9-24(18-23-21-33-27-11-8-7-10-26(23)27)34-30(37)29-19-22-12-13-25(20-28(22)40-29)35-14-16-36(17-15-35)31(38)39-32(2,3)4/h7-8,10-13,19-21,24,30,33-34,37H,5-6,9,14-18H2,1-4H3. The molecule has 0 aliphatic carbocycles. The molecule has 2 unspecified atom stereocenters. The number of unbranched alkanes of at least 4 members (excludes halogenated alkanes) is 1. The predicted molar refractivity (Wildman–Crippen MR) is 165 cm³/mol. The van der Waals surface area contributed by atoms with E-state index in [0.717, 1.165) is 64.9 Å². The fraction of sp³-hybridized carbons (Fsp3) is 0.469. The first-order valence-electron chi connectivity index (χ1n) is 14.5. The highest BCUT2D eigenvalue weighted by Crippen LogP contribution is 2.33. The summed E-state index contributed by atoms with van der Waals surface area (Å²) in [6.07, 6.45) is 5.26. The van der Waals surface area contributed by atoms with Gasteiger partial charge in [-0.05, 0) is 68.8 Å². The number of amides is 1. The van der Waals surface area contributed by atoms with E-state index in [-0.39, 0.29) is 12.1 Å². The van der Waals surface area contributed by atoms with Gasteiger partial charge in [-0.2, -0.15) is 0 Å². The molecule has 2 aromatic heterocycles. The zero-order valence-corrected chi connectivity index (χ0v) is 24.9. The summed E-state index contributed by atoms with van der Waals surface area (Å²) in [5.41, 5.74) is 3.09.